The SMILES string of the molecule is C[S+](Cc1ccccc1)c1ccc(OC(=O)OCc2ccccc2)cc1. The van der Waals surface area contributed by atoms with Crippen molar-refractivity contribution in [3.63, 3.8) is 0 Å². The number of rotatable bonds is 6. The molecule has 0 radical (unpaired) electrons. The highest BCUT2D eigenvalue weighted by Crippen LogP contribution is 2.20. The Morgan fingerprint density at radius 3 is 2.00 bits per heavy atom. The highest BCUT2D eigenvalue weighted by Gasteiger charge is 2.16. The van der Waals surface area contributed by atoms with Crippen molar-refractivity contribution < 1.29 is 14.3 Å². The molecule has 26 heavy (non-hydrogen) atoms. The lowest BCUT2D eigenvalue weighted by molar-refractivity contribution is 0.0927. The zero-order valence-electron chi connectivity index (χ0n) is 14.6. The summed E-state index contributed by atoms with van der Waals surface area (Å²) in [5, 5.41) is 0. The fourth-order valence-electron chi connectivity index (χ4n) is 2.49. The van der Waals surface area contributed by atoms with Gasteiger partial charge in [-0.25, -0.2) is 4.79 Å². The van der Waals surface area contributed by atoms with Crippen molar-refractivity contribution in [3.8, 4) is 5.75 Å². The summed E-state index contributed by atoms with van der Waals surface area (Å²) in [4.78, 5) is 13.0. The van der Waals surface area contributed by atoms with Gasteiger partial charge in [0.2, 0.25) is 0 Å². The molecule has 3 aromatic rings. The summed E-state index contributed by atoms with van der Waals surface area (Å²) >= 11 is 0. The largest absolute Gasteiger partial charge is 0.514 e. The predicted molar refractivity (Wildman–Crippen MR) is 105 cm³/mol. The maximum absolute atomic E-state index is 11.8. The van der Waals surface area contributed by atoms with Gasteiger partial charge in [0.1, 0.15) is 24.4 Å². The summed E-state index contributed by atoms with van der Waals surface area (Å²) in [6, 6.07) is 27.6. The fraction of sp³-hybridized carbons (Fsp3) is 0.136. The molecule has 0 bridgehead atoms. The molecule has 0 aliphatic heterocycles. The van der Waals surface area contributed by atoms with Crippen LogP contribution in [0.25, 0.3) is 0 Å². The first-order chi connectivity index (χ1) is 12.7. The first kappa shape index (κ1) is 18.1. The average Bonchev–Trinajstić information content (AvgIpc) is 2.68. The standard InChI is InChI=1S/C22H21O3S/c1-26(17-19-10-6-3-7-11-19)21-14-12-20(13-15-21)25-22(23)24-16-18-8-4-2-5-9-18/h2-15H,16-17H2,1H3/q+1. The Morgan fingerprint density at radius 2 is 1.38 bits per heavy atom. The van der Waals surface area contributed by atoms with Crippen LogP contribution in [-0.2, 0) is 28.0 Å². The van der Waals surface area contributed by atoms with E-state index >= 15 is 0 Å². The molecule has 3 nitrogen and oxygen atoms in total. The predicted octanol–water partition coefficient (Wildman–Crippen LogP) is 5.21. The third-order valence-electron chi connectivity index (χ3n) is 3.85. The van der Waals surface area contributed by atoms with Gasteiger partial charge in [-0.15, -0.1) is 0 Å². The second kappa shape index (κ2) is 9.11. The molecule has 4 heteroatoms. The molecule has 0 saturated carbocycles. The van der Waals surface area contributed by atoms with E-state index in [4.69, 9.17) is 9.47 Å². The van der Waals surface area contributed by atoms with E-state index in [-0.39, 0.29) is 17.5 Å². The smallest absolute Gasteiger partial charge is 0.429 e. The van der Waals surface area contributed by atoms with Gasteiger partial charge in [0, 0.05) is 16.5 Å². The lowest BCUT2D eigenvalue weighted by atomic mass is 10.2. The Balaban J connectivity index is 1.51. The molecular formula is C22H21O3S+. The van der Waals surface area contributed by atoms with Crippen molar-refractivity contribution in [2.45, 2.75) is 17.3 Å². The van der Waals surface area contributed by atoms with Crippen molar-refractivity contribution in [2.75, 3.05) is 6.26 Å². The molecule has 0 saturated heterocycles. The average molecular weight is 365 g/mol. The van der Waals surface area contributed by atoms with Gasteiger partial charge in [0.25, 0.3) is 0 Å². The summed E-state index contributed by atoms with van der Waals surface area (Å²) in [5.41, 5.74) is 2.25. The van der Waals surface area contributed by atoms with Gasteiger partial charge in [-0.3, -0.25) is 0 Å². The third-order valence-corrected chi connectivity index (χ3v) is 5.70. The zero-order chi connectivity index (χ0) is 18.2. The second-order valence-corrected chi connectivity index (χ2v) is 7.90. The first-order valence-electron chi connectivity index (χ1n) is 8.36. The van der Waals surface area contributed by atoms with Crippen molar-refractivity contribution in [3.05, 3.63) is 96.1 Å². The zero-order valence-corrected chi connectivity index (χ0v) is 15.4. The molecular weight excluding hydrogens is 344 g/mol. The molecule has 0 spiro atoms. The lowest BCUT2D eigenvalue weighted by Crippen LogP contribution is -2.10. The van der Waals surface area contributed by atoms with Crippen LogP contribution >= 0.6 is 0 Å². The first-order valence-corrected chi connectivity index (χ1v) is 10.2. The van der Waals surface area contributed by atoms with Gasteiger partial charge in [0.15, 0.2) is 4.90 Å². The summed E-state index contributed by atoms with van der Waals surface area (Å²) < 4.78 is 10.4. The minimum atomic E-state index is -0.693. The van der Waals surface area contributed by atoms with Gasteiger partial charge in [-0.05, 0) is 29.8 Å². The summed E-state index contributed by atoms with van der Waals surface area (Å²) in [7, 11) is 0.0946. The van der Waals surface area contributed by atoms with Crippen molar-refractivity contribution >= 4 is 17.1 Å². The Bertz CT molecular complexity index is 817. The molecule has 0 amide bonds. The Kier molecular flexibility index (Phi) is 6.34. The molecule has 132 valence electrons. The molecule has 3 rings (SSSR count). The molecule has 0 heterocycles. The summed E-state index contributed by atoms with van der Waals surface area (Å²) in [6.07, 6.45) is 1.53. The Morgan fingerprint density at radius 1 is 0.808 bits per heavy atom. The number of carbonyl (C=O) groups excluding carboxylic acids is 1. The van der Waals surface area contributed by atoms with Gasteiger partial charge >= 0.3 is 6.16 Å². The highest BCUT2D eigenvalue weighted by molar-refractivity contribution is 7.95. The maximum Gasteiger partial charge on any atom is 0.514 e. The van der Waals surface area contributed by atoms with Crippen molar-refractivity contribution in [2.24, 2.45) is 0 Å². The van der Waals surface area contributed by atoms with E-state index < -0.39 is 6.16 Å². The van der Waals surface area contributed by atoms with Crippen molar-refractivity contribution in [1.29, 1.82) is 0 Å². The summed E-state index contributed by atoms with van der Waals surface area (Å²) in [5.74, 6) is 1.49. The van der Waals surface area contributed by atoms with E-state index in [9.17, 15) is 4.79 Å². The minimum absolute atomic E-state index is 0.0946. The molecule has 0 N–H and O–H groups in total. The van der Waals surface area contributed by atoms with Gasteiger partial charge in [-0.2, -0.15) is 0 Å². The highest BCUT2D eigenvalue weighted by atomic mass is 32.2. The van der Waals surface area contributed by atoms with Crippen LogP contribution in [0.4, 0.5) is 4.79 Å². The molecule has 1 atom stereocenters. The molecule has 3 aromatic carbocycles. The topological polar surface area (TPSA) is 35.5 Å². The normalized spacial score (nSPS) is 11.6. The summed E-state index contributed by atoms with van der Waals surface area (Å²) in [6.45, 7) is 0.202. The van der Waals surface area contributed by atoms with Crippen LogP contribution in [0.5, 0.6) is 5.75 Å². The van der Waals surface area contributed by atoms with Crippen LogP contribution in [0.1, 0.15) is 11.1 Å². The number of hydrogen-bond acceptors (Lipinski definition) is 3. The minimum Gasteiger partial charge on any atom is -0.429 e. The number of benzene rings is 3. The second-order valence-electron chi connectivity index (χ2n) is 5.86. The maximum atomic E-state index is 11.8. The molecule has 0 aromatic heterocycles. The Hall–Kier alpha value is -2.72. The third kappa shape index (κ3) is 5.39. The Labute approximate surface area is 156 Å². The van der Waals surface area contributed by atoms with Gasteiger partial charge in [-0.1, -0.05) is 60.7 Å². The molecule has 0 aliphatic rings. The monoisotopic (exact) mass is 365 g/mol. The van der Waals surface area contributed by atoms with E-state index in [2.05, 4.69) is 30.5 Å². The molecule has 0 fully saturated rings. The number of hydrogen-bond donors (Lipinski definition) is 0. The quantitative estimate of drug-likeness (QED) is 0.342. The van der Waals surface area contributed by atoms with Crippen molar-refractivity contribution in [1.82, 2.24) is 0 Å². The van der Waals surface area contributed by atoms with E-state index in [1.54, 1.807) is 0 Å². The van der Waals surface area contributed by atoms with E-state index in [0.717, 1.165) is 11.3 Å². The fourth-order valence-corrected chi connectivity index (χ4v) is 3.95. The van der Waals surface area contributed by atoms with Gasteiger partial charge in [0.05, 0.1) is 0 Å². The van der Waals surface area contributed by atoms with E-state index in [1.807, 2.05) is 60.7 Å². The number of ether oxygens (including phenoxy) is 2. The van der Waals surface area contributed by atoms with Crippen LogP contribution in [0.15, 0.2) is 89.8 Å². The molecule has 0 aliphatic carbocycles. The van der Waals surface area contributed by atoms with E-state index in [0.29, 0.717) is 5.75 Å². The van der Waals surface area contributed by atoms with Crippen LogP contribution in [0.2, 0.25) is 0 Å². The number of carbonyl (C=O) groups is 1. The lowest BCUT2D eigenvalue weighted by Gasteiger charge is -2.07. The molecule has 1 unspecified atom stereocenters. The van der Waals surface area contributed by atoms with E-state index in [1.165, 1.54) is 10.5 Å². The van der Waals surface area contributed by atoms with Crippen LogP contribution in [0.3, 0.4) is 0 Å². The van der Waals surface area contributed by atoms with Crippen LogP contribution in [0, 0.1) is 0 Å². The van der Waals surface area contributed by atoms with Crippen LogP contribution < -0.4 is 4.74 Å². The van der Waals surface area contributed by atoms with Crippen LogP contribution in [-0.4, -0.2) is 12.4 Å². The van der Waals surface area contributed by atoms with Gasteiger partial charge < -0.3 is 9.47 Å².